The second-order valence-corrected chi connectivity index (χ2v) is 6.42. The highest BCUT2D eigenvalue weighted by Gasteiger charge is 2.14. The number of nitrogens with zero attached hydrogens (tertiary/aromatic N) is 1. The van der Waals surface area contributed by atoms with Gasteiger partial charge >= 0.3 is 0 Å². The van der Waals surface area contributed by atoms with Crippen LogP contribution in [0.15, 0.2) is 16.7 Å². The lowest BCUT2D eigenvalue weighted by Crippen LogP contribution is -2.15. The molecule has 0 spiro atoms. The van der Waals surface area contributed by atoms with E-state index in [1.807, 2.05) is 13.8 Å². The van der Waals surface area contributed by atoms with Gasteiger partial charge in [0.05, 0.1) is 36.4 Å². The number of aryl methyl sites for hydroxylation is 2. The molecule has 0 radical (unpaired) electrons. The number of hydrogen-bond donors (Lipinski definition) is 1. The van der Waals surface area contributed by atoms with Crippen LogP contribution in [0.25, 0.3) is 0 Å². The molecule has 0 saturated carbocycles. The molecule has 0 aliphatic rings. The van der Waals surface area contributed by atoms with Crippen molar-refractivity contribution in [3.8, 4) is 11.5 Å². The molecule has 0 aliphatic carbocycles. The zero-order valence-electron chi connectivity index (χ0n) is 13.9. The van der Waals surface area contributed by atoms with Crippen molar-refractivity contribution in [3.05, 3.63) is 34.2 Å². The second-order valence-electron chi connectivity index (χ2n) is 5.03. The average molecular weight is 371 g/mol. The van der Waals surface area contributed by atoms with Gasteiger partial charge in [-0.15, -0.1) is 11.8 Å². The highest BCUT2D eigenvalue weighted by molar-refractivity contribution is 7.99. The molecule has 0 atom stereocenters. The Kier molecular flexibility index (Phi) is 6.39. The highest BCUT2D eigenvalue weighted by Crippen LogP contribution is 2.35. The van der Waals surface area contributed by atoms with Crippen LogP contribution in [0.3, 0.4) is 0 Å². The maximum absolute atomic E-state index is 12.2. The van der Waals surface area contributed by atoms with Gasteiger partial charge in [-0.1, -0.05) is 16.8 Å². The lowest BCUT2D eigenvalue weighted by molar-refractivity contribution is -0.113. The number of nitrogens with one attached hydrogen (secondary N) is 1. The van der Waals surface area contributed by atoms with E-state index in [4.69, 9.17) is 25.6 Å². The van der Waals surface area contributed by atoms with Crippen LogP contribution in [0.1, 0.15) is 17.0 Å². The van der Waals surface area contributed by atoms with Crippen molar-refractivity contribution in [2.75, 3.05) is 25.3 Å². The molecule has 0 unspecified atom stereocenters. The minimum atomic E-state index is -0.144. The van der Waals surface area contributed by atoms with Crippen molar-refractivity contribution in [2.24, 2.45) is 0 Å². The largest absolute Gasteiger partial charge is 0.495 e. The van der Waals surface area contributed by atoms with E-state index in [0.29, 0.717) is 28.0 Å². The van der Waals surface area contributed by atoms with Crippen LogP contribution in [-0.4, -0.2) is 31.0 Å². The van der Waals surface area contributed by atoms with Crippen molar-refractivity contribution in [2.45, 2.75) is 19.6 Å². The Morgan fingerprint density at radius 3 is 2.58 bits per heavy atom. The Balaban J connectivity index is 1.97. The predicted octanol–water partition coefficient (Wildman–Crippen LogP) is 3.83. The Morgan fingerprint density at radius 1 is 1.29 bits per heavy atom. The molecule has 0 fully saturated rings. The van der Waals surface area contributed by atoms with E-state index in [9.17, 15) is 4.79 Å². The molecule has 1 heterocycles. The van der Waals surface area contributed by atoms with Crippen molar-refractivity contribution >= 4 is 35.0 Å². The molecule has 130 valence electrons. The number of ether oxygens (including phenoxy) is 2. The third-order valence-electron chi connectivity index (χ3n) is 3.41. The van der Waals surface area contributed by atoms with E-state index in [0.717, 1.165) is 17.0 Å². The topological polar surface area (TPSA) is 73.6 Å². The van der Waals surface area contributed by atoms with Crippen LogP contribution in [0.4, 0.5) is 5.69 Å². The third-order valence-corrected chi connectivity index (χ3v) is 4.66. The molecule has 2 rings (SSSR count). The molecule has 0 aliphatic heterocycles. The summed E-state index contributed by atoms with van der Waals surface area (Å²) < 4.78 is 15.5. The average Bonchev–Trinajstić information content (AvgIpc) is 2.87. The van der Waals surface area contributed by atoms with E-state index in [-0.39, 0.29) is 11.7 Å². The van der Waals surface area contributed by atoms with Crippen LogP contribution < -0.4 is 14.8 Å². The van der Waals surface area contributed by atoms with Gasteiger partial charge in [-0.3, -0.25) is 4.79 Å². The highest BCUT2D eigenvalue weighted by atomic mass is 35.5. The monoisotopic (exact) mass is 370 g/mol. The first kappa shape index (κ1) is 18.5. The molecule has 1 N–H and O–H groups in total. The first-order chi connectivity index (χ1) is 11.5. The van der Waals surface area contributed by atoms with Gasteiger partial charge in [0.1, 0.15) is 17.3 Å². The second kappa shape index (κ2) is 8.30. The first-order valence-corrected chi connectivity index (χ1v) is 8.70. The van der Waals surface area contributed by atoms with Crippen LogP contribution in [0.2, 0.25) is 5.02 Å². The number of carbonyl (C=O) groups excluding carboxylic acids is 1. The number of anilines is 1. The molecule has 8 heteroatoms. The van der Waals surface area contributed by atoms with Gasteiger partial charge in [-0.05, 0) is 13.8 Å². The van der Waals surface area contributed by atoms with Gasteiger partial charge in [-0.25, -0.2) is 0 Å². The van der Waals surface area contributed by atoms with Crippen molar-refractivity contribution in [1.82, 2.24) is 5.16 Å². The lowest BCUT2D eigenvalue weighted by Gasteiger charge is -2.13. The summed E-state index contributed by atoms with van der Waals surface area (Å²) in [5, 5.41) is 7.13. The molecule has 1 amide bonds. The quantitative estimate of drug-likeness (QED) is 0.798. The van der Waals surface area contributed by atoms with Crippen molar-refractivity contribution in [1.29, 1.82) is 0 Å². The van der Waals surface area contributed by atoms with Gasteiger partial charge in [0.15, 0.2) is 0 Å². The van der Waals surface area contributed by atoms with E-state index >= 15 is 0 Å². The van der Waals surface area contributed by atoms with E-state index < -0.39 is 0 Å². The van der Waals surface area contributed by atoms with Crippen LogP contribution in [-0.2, 0) is 10.5 Å². The summed E-state index contributed by atoms with van der Waals surface area (Å²) in [6.45, 7) is 3.75. The lowest BCUT2D eigenvalue weighted by atomic mass is 10.2. The summed E-state index contributed by atoms with van der Waals surface area (Å²) in [6.07, 6.45) is 0. The minimum absolute atomic E-state index is 0.144. The van der Waals surface area contributed by atoms with Crippen LogP contribution >= 0.6 is 23.4 Å². The molecular weight excluding hydrogens is 352 g/mol. The fraction of sp³-hybridized carbons (Fsp3) is 0.375. The molecule has 1 aromatic carbocycles. The van der Waals surface area contributed by atoms with Gasteiger partial charge in [0.25, 0.3) is 0 Å². The first-order valence-electron chi connectivity index (χ1n) is 7.17. The van der Waals surface area contributed by atoms with Crippen LogP contribution in [0.5, 0.6) is 11.5 Å². The van der Waals surface area contributed by atoms with Crippen molar-refractivity contribution in [3.63, 3.8) is 0 Å². The molecule has 0 saturated heterocycles. The Labute approximate surface area is 149 Å². The summed E-state index contributed by atoms with van der Waals surface area (Å²) in [6, 6.07) is 3.24. The maximum atomic E-state index is 12.2. The van der Waals surface area contributed by atoms with Crippen LogP contribution in [0, 0.1) is 13.8 Å². The summed E-state index contributed by atoms with van der Waals surface area (Å²) in [5.41, 5.74) is 2.39. The third kappa shape index (κ3) is 4.36. The number of amides is 1. The Hall–Kier alpha value is -1.86. The summed E-state index contributed by atoms with van der Waals surface area (Å²) in [4.78, 5) is 12.2. The smallest absolute Gasteiger partial charge is 0.234 e. The molecule has 24 heavy (non-hydrogen) atoms. The molecule has 0 bridgehead atoms. The number of halogens is 1. The van der Waals surface area contributed by atoms with Gasteiger partial charge in [-0.2, -0.15) is 0 Å². The van der Waals surface area contributed by atoms with Gasteiger partial charge in [0.2, 0.25) is 5.91 Å². The number of rotatable bonds is 7. The van der Waals surface area contributed by atoms with E-state index in [2.05, 4.69) is 10.5 Å². The normalized spacial score (nSPS) is 10.5. The number of benzene rings is 1. The number of thioether (sulfide) groups is 1. The number of hydrogen-bond acceptors (Lipinski definition) is 6. The fourth-order valence-electron chi connectivity index (χ4n) is 2.10. The van der Waals surface area contributed by atoms with Gasteiger partial charge < -0.3 is 19.3 Å². The summed E-state index contributed by atoms with van der Waals surface area (Å²) in [7, 11) is 3.03. The minimum Gasteiger partial charge on any atom is -0.495 e. The fourth-order valence-corrected chi connectivity index (χ4v) is 3.30. The zero-order chi connectivity index (χ0) is 17.7. The SMILES string of the molecule is COc1cc(NC(=O)CSCc2c(C)noc2C)c(OC)cc1Cl. The Bertz CT molecular complexity index is 714. The number of carbonyl (C=O) groups is 1. The number of aromatic nitrogens is 1. The molecule has 1 aromatic heterocycles. The summed E-state index contributed by atoms with van der Waals surface area (Å²) in [5.74, 6) is 2.54. The zero-order valence-corrected chi connectivity index (χ0v) is 15.5. The van der Waals surface area contributed by atoms with E-state index in [1.165, 1.54) is 26.0 Å². The predicted molar refractivity (Wildman–Crippen MR) is 95.3 cm³/mol. The Morgan fingerprint density at radius 2 is 2.00 bits per heavy atom. The van der Waals surface area contributed by atoms with Crippen molar-refractivity contribution < 1.29 is 18.8 Å². The molecular formula is C16H19ClN2O4S. The maximum Gasteiger partial charge on any atom is 0.234 e. The van der Waals surface area contributed by atoms with Gasteiger partial charge in [0, 0.05) is 23.4 Å². The molecule has 6 nitrogen and oxygen atoms in total. The number of methoxy groups -OCH3 is 2. The van der Waals surface area contributed by atoms with E-state index in [1.54, 1.807) is 12.1 Å². The summed E-state index contributed by atoms with van der Waals surface area (Å²) >= 11 is 7.53. The molecule has 2 aromatic rings. The standard InChI is InChI=1S/C16H19ClN2O4S/c1-9-11(10(2)23-19-9)7-24-8-16(20)18-13-6-14(21-3)12(17)5-15(13)22-4/h5-6H,7-8H2,1-4H3,(H,18,20).